The smallest absolute Gasteiger partial charge is 0.244 e. The molecule has 5 heteroatoms. The molecule has 0 aliphatic heterocycles. The number of ether oxygens (including phenoxy) is 1. The van der Waals surface area contributed by atoms with E-state index in [1.807, 2.05) is 24.3 Å². The van der Waals surface area contributed by atoms with Gasteiger partial charge in [-0.15, -0.1) is 12.4 Å². The van der Waals surface area contributed by atoms with Crippen LogP contribution in [0.25, 0.3) is 0 Å². The molecule has 0 spiro atoms. The number of nitrogens with one attached hydrogen (secondary N) is 1. The number of carbonyl (C=O) groups is 1. The van der Waals surface area contributed by atoms with Crippen LogP contribution in [0, 0.1) is 0 Å². The van der Waals surface area contributed by atoms with Crippen molar-refractivity contribution < 1.29 is 9.53 Å². The summed E-state index contributed by atoms with van der Waals surface area (Å²) in [5.41, 5.74) is 6.35. The first kappa shape index (κ1) is 18.1. The number of amides is 1. The molecule has 0 bridgehead atoms. The molecule has 2 saturated carbocycles. The summed E-state index contributed by atoms with van der Waals surface area (Å²) in [6.45, 7) is 0. The van der Waals surface area contributed by atoms with Crippen LogP contribution in [0.5, 0.6) is 5.75 Å². The van der Waals surface area contributed by atoms with E-state index in [0.717, 1.165) is 50.0 Å². The normalized spacial score (nSPS) is 20.6. The maximum Gasteiger partial charge on any atom is 0.244 e. The quantitative estimate of drug-likeness (QED) is 0.871. The average molecular weight is 339 g/mol. The van der Waals surface area contributed by atoms with Crippen molar-refractivity contribution in [1.82, 2.24) is 0 Å². The lowest BCUT2D eigenvalue weighted by Gasteiger charge is -2.31. The van der Waals surface area contributed by atoms with Crippen molar-refractivity contribution in [2.75, 3.05) is 5.32 Å². The predicted molar refractivity (Wildman–Crippen MR) is 95.2 cm³/mol. The number of hydrogen-bond donors (Lipinski definition) is 2. The van der Waals surface area contributed by atoms with Crippen LogP contribution in [-0.4, -0.2) is 17.6 Å². The van der Waals surface area contributed by atoms with E-state index < -0.39 is 5.54 Å². The van der Waals surface area contributed by atoms with Crippen molar-refractivity contribution >= 4 is 24.0 Å². The molecule has 3 rings (SSSR count). The van der Waals surface area contributed by atoms with Gasteiger partial charge in [0.2, 0.25) is 5.91 Å². The molecular formula is C18H27ClN2O2. The lowest BCUT2D eigenvalue weighted by Crippen LogP contribution is -2.52. The first-order valence-electron chi connectivity index (χ1n) is 8.53. The largest absolute Gasteiger partial charge is 0.490 e. The maximum atomic E-state index is 12.4. The molecule has 0 atom stereocenters. The highest BCUT2D eigenvalue weighted by molar-refractivity contribution is 5.98. The lowest BCUT2D eigenvalue weighted by atomic mass is 9.82. The topological polar surface area (TPSA) is 64.4 Å². The van der Waals surface area contributed by atoms with Gasteiger partial charge in [0.15, 0.2) is 0 Å². The van der Waals surface area contributed by atoms with Crippen LogP contribution in [0.1, 0.15) is 57.8 Å². The Balaban J connectivity index is 0.00000192. The zero-order chi connectivity index (χ0) is 15.4. The number of rotatable bonds is 4. The molecular weight excluding hydrogens is 312 g/mol. The monoisotopic (exact) mass is 338 g/mol. The number of hydrogen-bond acceptors (Lipinski definition) is 3. The van der Waals surface area contributed by atoms with Crippen molar-refractivity contribution in [2.24, 2.45) is 5.73 Å². The SMILES string of the molecule is Cl.NC1(C(=O)Nc2ccc(OC3CCCC3)cc2)CCCCC1. The molecule has 1 aromatic carbocycles. The Morgan fingerprint density at radius 2 is 1.65 bits per heavy atom. The molecule has 2 aliphatic carbocycles. The van der Waals surface area contributed by atoms with E-state index in [2.05, 4.69) is 5.32 Å². The van der Waals surface area contributed by atoms with Gasteiger partial charge >= 0.3 is 0 Å². The highest BCUT2D eigenvalue weighted by atomic mass is 35.5. The van der Waals surface area contributed by atoms with Gasteiger partial charge < -0.3 is 15.8 Å². The number of benzene rings is 1. The number of anilines is 1. The van der Waals surface area contributed by atoms with E-state index in [1.54, 1.807) is 0 Å². The van der Waals surface area contributed by atoms with Gasteiger partial charge in [-0.25, -0.2) is 0 Å². The first-order chi connectivity index (χ1) is 10.7. The van der Waals surface area contributed by atoms with Crippen molar-refractivity contribution in [1.29, 1.82) is 0 Å². The third-order valence-electron chi connectivity index (χ3n) is 4.92. The Morgan fingerprint density at radius 1 is 1.04 bits per heavy atom. The van der Waals surface area contributed by atoms with Gasteiger partial charge in [0.1, 0.15) is 5.75 Å². The molecule has 2 fully saturated rings. The van der Waals surface area contributed by atoms with E-state index in [0.29, 0.717) is 6.10 Å². The van der Waals surface area contributed by atoms with Gasteiger partial charge in [-0.1, -0.05) is 19.3 Å². The molecule has 0 aromatic heterocycles. The number of carbonyl (C=O) groups excluding carboxylic acids is 1. The van der Waals surface area contributed by atoms with Gasteiger partial charge in [0.05, 0.1) is 11.6 Å². The number of halogens is 1. The maximum absolute atomic E-state index is 12.4. The van der Waals surface area contributed by atoms with Gasteiger partial charge in [-0.2, -0.15) is 0 Å². The summed E-state index contributed by atoms with van der Waals surface area (Å²) in [5, 5.41) is 2.95. The zero-order valence-corrected chi connectivity index (χ0v) is 14.4. The molecule has 2 aliphatic rings. The minimum atomic E-state index is -0.697. The van der Waals surface area contributed by atoms with Crippen LogP contribution < -0.4 is 15.8 Å². The van der Waals surface area contributed by atoms with Crippen molar-refractivity contribution in [3.8, 4) is 5.75 Å². The van der Waals surface area contributed by atoms with Crippen LogP contribution in [0.4, 0.5) is 5.69 Å². The fourth-order valence-corrected chi connectivity index (χ4v) is 3.48. The van der Waals surface area contributed by atoms with Crippen molar-refractivity contribution in [3.63, 3.8) is 0 Å². The summed E-state index contributed by atoms with van der Waals surface area (Å²) in [7, 11) is 0. The van der Waals surface area contributed by atoms with Crippen LogP contribution in [0.3, 0.4) is 0 Å². The minimum absolute atomic E-state index is 0. The third-order valence-corrected chi connectivity index (χ3v) is 4.92. The summed E-state index contributed by atoms with van der Waals surface area (Å²) < 4.78 is 5.93. The van der Waals surface area contributed by atoms with Gasteiger partial charge in [0.25, 0.3) is 0 Å². The Morgan fingerprint density at radius 3 is 2.26 bits per heavy atom. The highest BCUT2D eigenvalue weighted by Gasteiger charge is 2.35. The summed E-state index contributed by atoms with van der Waals surface area (Å²) in [5.74, 6) is 0.821. The van der Waals surface area contributed by atoms with Gasteiger partial charge in [0, 0.05) is 5.69 Å². The number of nitrogens with two attached hydrogens (primary N) is 1. The second-order valence-electron chi connectivity index (χ2n) is 6.72. The summed E-state index contributed by atoms with van der Waals surface area (Å²) in [6, 6.07) is 7.65. The Hall–Kier alpha value is -1.26. The Kier molecular flexibility index (Phi) is 6.31. The summed E-state index contributed by atoms with van der Waals surface area (Å²) in [4.78, 5) is 12.4. The molecule has 1 aromatic rings. The van der Waals surface area contributed by atoms with E-state index in [1.165, 1.54) is 19.3 Å². The molecule has 128 valence electrons. The van der Waals surface area contributed by atoms with Crippen LogP contribution in [-0.2, 0) is 4.79 Å². The fraction of sp³-hybridized carbons (Fsp3) is 0.611. The summed E-state index contributed by atoms with van der Waals surface area (Å²) in [6.07, 6.45) is 9.99. The molecule has 0 saturated heterocycles. The highest BCUT2D eigenvalue weighted by Crippen LogP contribution is 2.28. The molecule has 0 heterocycles. The molecule has 1 amide bonds. The minimum Gasteiger partial charge on any atom is -0.490 e. The standard InChI is InChI=1S/C18H26N2O2.ClH/c19-18(12-4-1-5-13-18)17(21)20-14-8-10-16(11-9-14)22-15-6-2-3-7-15;/h8-11,15H,1-7,12-13,19H2,(H,20,21);1H. The first-order valence-corrected chi connectivity index (χ1v) is 8.53. The van der Waals surface area contributed by atoms with Crippen molar-refractivity contribution in [3.05, 3.63) is 24.3 Å². The van der Waals surface area contributed by atoms with Gasteiger partial charge in [-0.05, 0) is 62.8 Å². The molecule has 0 unspecified atom stereocenters. The third kappa shape index (κ3) is 4.61. The lowest BCUT2D eigenvalue weighted by molar-refractivity contribution is -0.122. The summed E-state index contributed by atoms with van der Waals surface area (Å²) >= 11 is 0. The predicted octanol–water partition coefficient (Wildman–Crippen LogP) is 4.03. The second-order valence-corrected chi connectivity index (χ2v) is 6.72. The van der Waals surface area contributed by atoms with E-state index in [9.17, 15) is 4.79 Å². The molecule has 3 N–H and O–H groups in total. The Bertz CT molecular complexity index is 506. The molecule has 23 heavy (non-hydrogen) atoms. The molecule has 4 nitrogen and oxygen atoms in total. The zero-order valence-electron chi connectivity index (χ0n) is 13.6. The molecule has 0 radical (unpaired) electrons. The van der Waals surface area contributed by atoms with Crippen LogP contribution in [0.15, 0.2) is 24.3 Å². The second kappa shape index (κ2) is 8.02. The average Bonchev–Trinajstić information content (AvgIpc) is 3.03. The Labute approximate surface area is 144 Å². The van der Waals surface area contributed by atoms with E-state index >= 15 is 0 Å². The van der Waals surface area contributed by atoms with Crippen LogP contribution >= 0.6 is 12.4 Å². The van der Waals surface area contributed by atoms with E-state index in [-0.39, 0.29) is 18.3 Å². The van der Waals surface area contributed by atoms with Crippen molar-refractivity contribution in [2.45, 2.75) is 69.4 Å². The van der Waals surface area contributed by atoms with Gasteiger partial charge in [-0.3, -0.25) is 4.79 Å². The van der Waals surface area contributed by atoms with Crippen LogP contribution in [0.2, 0.25) is 0 Å². The fourth-order valence-electron chi connectivity index (χ4n) is 3.48. The van der Waals surface area contributed by atoms with E-state index in [4.69, 9.17) is 10.5 Å².